The van der Waals surface area contributed by atoms with Crippen LogP contribution in [-0.4, -0.2) is 48.6 Å². The maximum Gasteiger partial charge on any atom is 0.262 e. The van der Waals surface area contributed by atoms with E-state index in [0.717, 1.165) is 5.56 Å². The van der Waals surface area contributed by atoms with Gasteiger partial charge in [0.1, 0.15) is 16.6 Å². The number of halogens is 3. The number of ether oxygens (including phenoxy) is 1. The van der Waals surface area contributed by atoms with Gasteiger partial charge in [0.15, 0.2) is 6.61 Å². The minimum atomic E-state index is -0.350. The van der Waals surface area contributed by atoms with Crippen molar-refractivity contribution in [1.82, 2.24) is 4.90 Å². The van der Waals surface area contributed by atoms with Crippen molar-refractivity contribution in [3.05, 3.63) is 88.2 Å². The molecule has 1 amide bonds. The van der Waals surface area contributed by atoms with E-state index in [9.17, 15) is 9.18 Å². The van der Waals surface area contributed by atoms with Crippen molar-refractivity contribution in [2.24, 2.45) is 0 Å². The maximum absolute atomic E-state index is 14.1. The van der Waals surface area contributed by atoms with Gasteiger partial charge >= 0.3 is 0 Å². The number of carbonyl (C=O) groups excluding carboxylic acids is 1. The molecule has 176 valence electrons. The molecule has 1 saturated heterocycles. The summed E-state index contributed by atoms with van der Waals surface area (Å²) < 4.78 is 19.7. The number of nitrogens with zero attached hydrogens (tertiary/aromatic N) is 2. The van der Waals surface area contributed by atoms with Gasteiger partial charge in [-0.15, -0.1) is 0 Å². The minimum Gasteiger partial charge on any atom is -0.482 e. The summed E-state index contributed by atoms with van der Waals surface area (Å²) in [7, 11) is 0. The van der Waals surface area contributed by atoms with Gasteiger partial charge in [0, 0.05) is 31.7 Å². The second kappa shape index (κ2) is 11.0. The highest BCUT2D eigenvalue weighted by atomic mass is 35.5. The third-order valence-corrected chi connectivity index (χ3v) is 6.56. The molecule has 1 N–H and O–H groups in total. The van der Waals surface area contributed by atoms with Crippen molar-refractivity contribution in [3.8, 4) is 5.75 Å². The number of para-hydroxylation sites is 2. The van der Waals surface area contributed by atoms with Gasteiger partial charge in [0.05, 0.1) is 21.4 Å². The lowest BCUT2D eigenvalue weighted by atomic mass is 10.1. The van der Waals surface area contributed by atoms with Gasteiger partial charge in [0.2, 0.25) is 0 Å². The van der Waals surface area contributed by atoms with E-state index in [0.29, 0.717) is 58.3 Å². The molecule has 0 aromatic heterocycles. The third kappa shape index (κ3) is 5.78. The third-order valence-electron chi connectivity index (χ3n) is 5.45. The molecule has 34 heavy (non-hydrogen) atoms. The van der Waals surface area contributed by atoms with Crippen LogP contribution in [0.2, 0.25) is 10.0 Å². The van der Waals surface area contributed by atoms with E-state index in [2.05, 4.69) is 10.2 Å². The topological polar surface area (TPSA) is 44.8 Å². The highest BCUT2D eigenvalue weighted by molar-refractivity contribution is 7.80. The van der Waals surface area contributed by atoms with Gasteiger partial charge in [-0.1, -0.05) is 59.7 Å². The molecular weight excluding hydrogens is 496 g/mol. The number of piperazine rings is 1. The van der Waals surface area contributed by atoms with Crippen molar-refractivity contribution in [1.29, 1.82) is 0 Å². The molecule has 0 unspecified atom stereocenters. The number of hydrogen-bond acceptors (Lipinski definition) is 4. The Morgan fingerprint density at radius 1 is 0.971 bits per heavy atom. The molecule has 3 aromatic rings. The summed E-state index contributed by atoms with van der Waals surface area (Å²) in [5, 5.41) is 3.50. The van der Waals surface area contributed by atoms with Crippen LogP contribution in [0.25, 0.3) is 0 Å². The first-order chi connectivity index (χ1) is 16.4. The zero-order chi connectivity index (χ0) is 24.1. The van der Waals surface area contributed by atoms with E-state index in [1.165, 1.54) is 6.07 Å². The molecule has 3 aromatic carbocycles. The molecule has 1 aliphatic rings. The van der Waals surface area contributed by atoms with Gasteiger partial charge in [-0.3, -0.25) is 4.79 Å². The van der Waals surface area contributed by atoms with E-state index >= 15 is 0 Å². The summed E-state index contributed by atoms with van der Waals surface area (Å²) in [4.78, 5) is 17.0. The van der Waals surface area contributed by atoms with Crippen molar-refractivity contribution in [3.63, 3.8) is 0 Å². The number of nitrogens with one attached hydrogen (secondary N) is 1. The van der Waals surface area contributed by atoms with E-state index in [1.807, 2.05) is 17.0 Å². The van der Waals surface area contributed by atoms with Gasteiger partial charge in [0.25, 0.3) is 5.91 Å². The molecule has 1 aliphatic heterocycles. The largest absolute Gasteiger partial charge is 0.482 e. The number of benzene rings is 3. The number of carbonyl (C=O) groups is 1. The fourth-order valence-corrected chi connectivity index (χ4v) is 4.41. The first kappa shape index (κ1) is 24.3. The summed E-state index contributed by atoms with van der Waals surface area (Å²) in [5.74, 6) is -0.190. The summed E-state index contributed by atoms with van der Waals surface area (Å²) in [6.45, 7) is 2.45. The van der Waals surface area contributed by atoms with Gasteiger partial charge in [-0.05, 0) is 42.5 Å². The SMILES string of the molecule is O=C(COc1ccc(C(=S)N2CCN(c3ccccc3F)CC2)cc1Cl)Nc1ccccc1Cl. The van der Waals surface area contributed by atoms with Gasteiger partial charge in [-0.25, -0.2) is 4.39 Å². The Bertz CT molecular complexity index is 1200. The summed E-state index contributed by atoms with van der Waals surface area (Å²) >= 11 is 18.1. The van der Waals surface area contributed by atoms with Crippen LogP contribution in [0.15, 0.2) is 66.7 Å². The Hall–Kier alpha value is -2.87. The number of thiocarbonyl (C=S) groups is 1. The highest BCUT2D eigenvalue weighted by Crippen LogP contribution is 2.27. The number of amides is 1. The minimum absolute atomic E-state index is 0.216. The number of hydrogen-bond donors (Lipinski definition) is 1. The Morgan fingerprint density at radius 3 is 2.38 bits per heavy atom. The second-order valence-electron chi connectivity index (χ2n) is 7.69. The van der Waals surface area contributed by atoms with Crippen LogP contribution in [-0.2, 0) is 4.79 Å². The van der Waals surface area contributed by atoms with Crippen molar-refractivity contribution in [2.45, 2.75) is 0 Å². The lowest BCUT2D eigenvalue weighted by Crippen LogP contribution is -2.48. The number of anilines is 2. The zero-order valence-corrected chi connectivity index (χ0v) is 20.5. The molecule has 0 aliphatic carbocycles. The fourth-order valence-electron chi connectivity index (χ4n) is 3.68. The fraction of sp³-hybridized carbons (Fsp3) is 0.200. The summed E-state index contributed by atoms with van der Waals surface area (Å²) in [6.07, 6.45) is 0. The Kier molecular flexibility index (Phi) is 7.88. The molecule has 0 bridgehead atoms. The molecule has 0 spiro atoms. The molecule has 0 radical (unpaired) electrons. The monoisotopic (exact) mass is 517 g/mol. The smallest absolute Gasteiger partial charge is 0.262 e. The molecule has 0 atom stereocenters. The summed E-state index contributed by atoms with van der Waals surface area (Å²) in [5.41, 5.74) is 1.91. The lowest BCUT2D eigenvalue weighted by molar-refractivity contribution is -0.118. The molecule has 4 rings (SSSR count). The predicted molar refractivity (Wildman–Crippen MR) is 139 cm³/mol. The average Bonchev–Trinajstić information content (AvgIpc) is 2.85. The molecule has 1 heterocycles. The van der Waals surface area contributed by atoms with E-state index < -0.39 is 0 Å². The Balaban J connectivity index is 1.32. The normalized spacial score (nSPS) is 13.5. The first-order valence-electron chi connectivity index (χ1n) is 10.7. The van der Waals surface area contributed by atoms with Gasteiger partial charge < -0.3 is 19.9 Å². The molecule has 9 heteroatoms. The standard InChI is InChI=1S/C25H22Cl2FN3O2S/c26-18-5-1-3-7-21(18)29-24(32)16-33-23-10-9-17(15-19(23)27)25(34)31-13-11-30(12-14-31)22-8-4-2-6-20(22)28/h1-10,15H,11-14,16H2,(H,29,32). The van der Waals surface area contributed by atoms with Gasteiger partial charge in [-0.2, -0.15) is 0 Å². The first-order valence-corrected chi connectivity index (χ1v) is 11.8. The van der Waals surface area contributed by atoms with Crippen molar-refractivity contribution in [2.75, 3.05) is 43.0 Å². The van der Waals surface area contributed by atoms with Crippen LogP contribution in [0.5, 0.6) is 5.75 Å². The van der Waals surface area contributed by atoms with Crippen molar-refractivity contribution < 1.29 is 13.9 Å². The lowest BCUT2D eigenvalue weighted by Gasteiger charge is -2.37. The van der Waals surface area contributed by atoms with Crippen molar-refractivity contribution >= 4 is 57.7 Å². The summed E-state index contributed by atoms with van der Waals surface area (Å²) in [6, 6.07) is 19.0. The van der Waals surface area contributed by atoms with Crippen LogP contribution in [0.3, 0.4) is 0 Å². The van der Waals surface area contributed by atoms with Crippen LogP contribution < -0.4 is 15.0 Å². The maximum atomic E-state index is 14.1. The van der Waals surface area contributed by atoms with E-state index in [1.54, 1.807) is 48.5 Å². The zero-order valence-electron chi connectivity index (χ0n) is 18.1. The van der Waals surface area contributed by atoms with Crippen LogP contribution in [0.1, 0.15) is 5.56 Å². The highest BCUT2D eigenvalue weighted by Gasteiger charge is 2.22. The van der Waals surface area contributed by atoms with Crippen LogP contribution >= 0.6 is 35.4 Å². The number of rotatable bonds is 6. The second-order valence-corrected chi connectivity index (χ2v) is 8.89. The molecular formula is C25H22Cl2FN3O2S. The molecule has 1 fully saturated rings. The van der Waals surface area contributed by atoms with Crippen LogP contribution in [0.4, 0.5) is 15.8 Å². The molecule has 0 saturated carbocycles. The predicted octanol–water partition coefficient (Wildman–Crippen LogP) is 5.65. The van der Waals surface area contributed by atoms with E-state index in [-0.39, 0.29) is 18.3 Å². The Morgan fingerprint density at radius 2 is 1.68 bits per heavy atom. The molecule has 5 nitrogen and oxygen atoms in total. The quantitative estimate of drug-likeness (QED) is 0.428. The average molecular weight is 518 g/mol. The van der Waals surface area contributed by atoms with Crippen LogP contribution in [0, 0.1) is 5.82 Å². The Labute approximate surface area is 213 Å². The van der Waals surface area contributed by atoms with E-state index in [4.69, 9.17) is 40.2 Å².